The van der Waals surface area contributed by atoms with Gasteiger partial charge < -0.3 is 24.1 Å². The molecular weight excluding hydrogens is 464 g/mol. The maximum absolute atomic E-state index is 13.2. The molecule has 0 amide bonds. The van der Waals surface area contributed by atoms with Crippen LogP contribution in [-0.2, 0) is 20.9 Å². The van der Waals surface area contributed by atoms with Crippen LogP contribution in [0, 0.1) is 5.92 Å². The van der Waals surface area contributed by atoms with Crippen LogP contribution in [0.2, 0.25) is 0 Å². The summed E-state index contributed by atoms with van der Waals surface area (Å²) in [7, 11) is 3.11. The zero-order valence-electron chi connectivity index (χ0n) is 17.4. The summed E-state index contributed by atoms with van der Waals surface area (Å²) in [6.45, 7) is 0.447. The smallest absolute Gasteiger partial charge is 0.175 e. The van der Waals surface area contributed by atoms with Crippen LogP contribution in [0.3, 0.4) is 0 Å². The molecule has 2 aromatic carbocycles. The van der Waals surface area contributed by atoms with E-state index in [1.807, 2.05) is 24.3 Å². The number of hydrogen-bond donors (Lipinski definition) is 1. The van der Waals surface area contributed by atoms with E-state index in [1.165, 1.54) is 6.26 Å². The summed E-state index contributed by atoms with van der Waals surface area (Å²) in [6.07, 6.45) is 1.03. The molecule has 4 rings (SSSR count). The highest BCUT2D eigenvalue weighted by Crippen LogP contribution is 2.39. The number of carbonyl (C=O) groups excluding carboxylic acids is 1. The van der Waals surface area contributed by atoms with Crippen molar-refractivity contribution in [1.82, 2.24) is 0 Å². The van der Waals surface area contributed by atoms with Crippen LogP contribution < -0.4 is 9.47 Å². The molecule has 0 spiro atoms. The number of methoxy groups -OCH3 is 2. The molecule has 1 heterocycles. The van der Waals surface area contributed by atoms with Crippen LogP contribution >= 0.6 is 15.9 Å². The Balaban J connectivity index is 1.46. The summed E-state index contributed by atoms with van der Waals surface area (Å²) >= 11 is 3.42. The number of rotatable bonds is 6. The molecule has 0 saturated heterocycles. The summed E-state index contributed by atoms with van der Waals surface area (Å²) < 4.78 is 23.5. The van der Waals surface area contributed by atoms with Gasteiger partial charge in [0.2, 0.25) is 0 Å². The topological polar surface area (TPSA) is 74.2 Å². The lowest BCUT2D eigenvalue weighted by Crippen LogP contribution is -2.49. The number of aliphatic hydroxyl groups excluding tert-OH is 1. The van der Waals surface area contributed by atoms with Crippen molar-refractivity contribution in [3.8, 4) is 11.5 Å². The van der Waals surface area contributed by atoms with Crippen molar-refractivity contribution in [3.63, 3.8) is 0 Å². The second kappa shape index (κ2) is 9.42. The number of ether oxygens (including phenoxy) is 4. The largest absolute Gasteiger partial charge is 0.496 e. The van der Waals surface area contributed by atoms with Gasteiger partial charge in [0.05, 0.1) is 50.8 Å². The lowest BCUT2D eigenvalue weighted by atomic mass is 9.76. The van der Waals surface area contributed by atoms with Crippen LogP contribution in [0.1, 0.15) is 24.0 Å². The number of Topliss-reactive ketones (excluding diaryl/α,β-unsaturated/α-hetero) is 1. The molecule has 2 aliphatic rings. The predicted molar refractivity (Wildman–Crippen MR) is 119 cm³/mol. The molecule has 4 unspecified atom stereocenters. The van der Waals surface area contributed by atoms with E-state index in [0.717, 1.165) is 10.0 Å². The summed E-state index contributed by atoms with van der Waals surface area (Å²) in [6, 6.07) is 13.2. The first-order chi connectivity index (χ1) is 15.0. The molecule has 1 aliphatic heterocycles. The Kier molecular flexibility index (Phi) is 6.65. The van der Waals surface area contributed by atoms with E-state index in [-0.39, 0.29) is 11.9 Å². The Morgan fingerprint density at radius 3 is 2.52 bits per heavy atom. The number of carbonyl (C=O) groups is 1. The van der Waals surface area contributed by atoms with Crippen molar-refractivity contribution in [2.45, 2.75) is 37.8 Å². The Hall–Kier alpha value is -2.35. The molecule has 1 saturated carbocycles. The molecule has 6 nitrogen and oxygen atoms in total. The minimum absolute atomic E-state index is 0.123. The van der Waals surface area contributed by atoms with Gasteiger partial charge in [-0.05, 0) is 35.4 Å². The van der Waals surface area contributed by atoms with Crippen molar-refractivity contribution < 1.29 is 28.8 Å². The van der Waals surface area contributed by atoms with Gasteiger partial charge in [-0.15, -0.1) is 0 Å². The summed E-state index contributed by atoms with van der Waals surface area (Å²) in [5.74, 6) is 0.377. The Bertz CT molecular complexity index is 971. The lowest BCUT2D eigenvalue weighted by molar-refractivity contribution is -0.141. The van der Waals surface area contributed by atoms with Crippen molar-refractivity contribution >= 4 is 27.3 Å². The molecule has 2 aromatic rings. The Morgan fingerprint density at radius 1 is 1.06 bits per heavy atom. The molecule has 4 atom stereocenters. The summed E-state index contributed by atoms with van der Waals surface area (Å²) in [5, 5.41) is 10.8. The van der Waals surface area contributed by atoms with E-state index < -0.39 is 18.1 Å². The third-order valence-electron chi connectivity index (χ3n) is 5.84. The maximum atomic E-state index is 13.2. The Morgan fingerprint density at radius 2 is 1.81 bits per heavy atom. The quantitative estimate of drug-likeness (QED) is 0.658. The number of hydrogen-bond acceptors (Lipinski definition) is 6. The first-order valence-corrected chi connectivity index (χ1v) is 11.0. The standard InChI is InChI=1S/C24H25BrO6/c1-28-20-8-5-15(9-21(20)29-2)18-13-31-22-11-17(10-19(26)23(22)24(18)27)30-12-14-3-6-16(25)7-4-14/h3-9,13,17,19,22-23,26H,10-12H2,1-2H3. The van der Waals surface area contributed by atoms with Gasteiger partial charge in [0, 0.05) is 17.3 Å². The Labute approximate surface area is 189 Å². The maximum Gasteiger partial charge on any atom is 0.175 e. The van der Waals surface area contributed by atoms with Gasteiger partial charge >= 0.3 is 0 Å². The summed E-state index contributed by atoms with van der Waals surface area (Å²) in [4.78, 5) is 13.2. The summed E-state index contributed by atoms with van der Waals surface area (Å²) in [5.41, 5.74) is 2.15. The third kappa shape index (κ3) is 4.63. The van der Waals surface area contributed by atoms with Crippen LogP contribution in [-0.4, -0.2) is 43.4 Å². The minimum atomic E-state index is -0.829. The second-order valence-electron chi connectivity index (χ2n) is 7.76. The van der Waals surface area contributed by atoms with Gasteiger partial charge in [0.1, 0.15) is 6.10 Å². The number of benzene rings is 2. The van der Waals surface area contributed by atoms with E-state index in [0.29, 0.717) is 42.1 Å². The fraction of sp³-hybridized carbons (Fsp3) is 0.375. The van der Waals surface area contributed by atoms with E-state index in [1.54, 1.807) is 32.4 Å². The fourth-order valence-electron chi connectivity index (χ4n) is 4.19. The first kappa shape index (κ1) is 21.9. The molecule has 164 valence electrons. The molecule has 1 fully saturated rings. The van der Waals surface area contributed by atoms with Gasteiger partial charge in [-0.25, -0.2) is 0 Å². The molecule has 1 aliphatic carbocycles. The average molecular weight is 489 g/mol. The molecule has 7 heteroatoms. The SMILES string of the molecule is COc1ccc(C2=COC3CC(OCc4ccc(Br)cc4)CC(O)C3C2=O)cc1OC. The number of allylic oxidation sites excluding steroid dienone is 1. The molecular formula is C24H25BrO6. The van der Waals surface area contributed by atoms with Crippen LogP contribution in [0.25, 0.3) is 5.57 Å². The highest BCUT2D eigenvalue weighted by atomic mass is 79.9. The molecule has 0 radical (unpaired) electrons. The highest BCUT2D eigenvalue weighted by molar-refractivity contribution is 9.10. The van der Waals surface area contributed by atoms with Crippen molar-refractivity contribution in [2.75, 3.05) is 14.2 Å². The molecule has 0 aromatic heterocycles. The number of ketones is 1. The zero-order valence-corrected chi connectivity index (χ0v) is 19.0. The van der Waals surface area contributed by atoms with Crippen LogP contribution in [0.5, 0.6) is 11.5 Å². The van der Waals surface area contributed by atoms with Gasteiger partial charge in [-0.2, -0.15) is 0 Å². The highest BCUT2D eigenvalue weighted by Gasteiger charge is 2.46. The van der Waals surface area contributed by atoms with E-state index in [4.69, 9.17) is 18.9 Å². The van der Waals surface area contributed by atoms with E-state index >= 15 is 0 Å². The lowest BCUT2D eigenvalue weighted by Gasteiger charge is -2.40. The third-order valence-corrected chi connectivity index (χ3v) is 6.37. The van der Waals surface area contributed by atoms with Gasteiger partial charge in [-0.1, -0.05) is 34.1 Å². The average Bonchev–Trinajstić information content (AvgIpc) is 2.78. The van der Waals surface area contributed by atoms with Crippen molar-refractivity contribution in [1.29, 1.82) is 0 Å². The normalized spacial score (nSPS) is 25.3. The van der Waals surface area contributed by atoms with Crippen molar-refractivity contribution in [2.24, 2.45) is 5.92 Å². The second-order valence-corrected chi connectivity index (χ2v) is 8.68. The number of aliphatic hydroxyl groups is 1. The van der Waals surface area contributed by atoms with E-state index in [2.05, 4.69) is 15.9 Å². The molecule has 31 heavy (non-hydrogen) atoms. The molecule has 0 bridgehead atoms. The number of fused-ring (bicyclic) bond motifs is 1. The van der Waals surface area contributed by atoms with Gasteiger partial charge in [0.25, 0.3) is 0 Å². The van der Waals surface area contributed by atoms with Crippen LogP contribution in [0.15, 0.2) is 53.2 Å². The predicted octanol–water partition coefficient (Wildman–Crippen LogP) is 4.13. The van der Waals surface area contributed by atoms with Gasteiger partial charge in [-0.3, -0.25) is 4.79 Å². The van der Waals surface area contributed by atoms with Gasteiger partial charge in [0.15, 0.2) is 17.3 Å². The molecule has 1 N–H and O–H groups in total. The monoisotopic (exact) mass is 488 g/mol. The fourth-order valence-corrected chi connectivity index (χ4v) is 4.45. The first-order valence-electron chi connectivity index (χ1n) is 10.2. The van der Waals surface area contributed by atoms with Crippen LogP contribution in [0.4, 0.5) is 0 Å². The van der Waals surface area contributed by atoms with E-state index in [9.17, 15) is 9.90 Å². The zero-order chi connectivity index (χ0) is 22.0. The number of halogens is 1. The minimum Gasteiger partial charge on any atom is -0.496 e. The van der Waals surface area contributed by atoms with Crippen molar-refractivity contribution in [3.05, 3.63) is 64.3 Å².